The Morgan fingerprint density at radius 2 is 0.864 bits per heavy atom. The molecule has 9 aromatic carbocycles. The molecule has 9 rings (SSSR count). The molecule has 81 heavy (non-hydrogen) atoms. The molecule has 0 heterocycles. The maximum atomic E-state index is 10.1. The lowest BCUT2D eigenvalue weighted by atomic mass is 10.0. The monoisotopic (exact) mass is 1550 g/mol. The number of rotatable bonds is 6. The minimum absolute atomic E-state index is 0.0767. The number of hydrogen-bond acceptors (Lipinski definition) is 5. The van der Waals surface area contributed by atoms with Crippen LogP contribution in [0.1, 0.15) is 66.8 Å². The van der Waals surface area contributed by atoms with Crippen molar-refractivity contribution in [3.63, 3.8) is 0 Å². The summed E-state index contributed by atoms with van der Waals surface area (Å²) in [6.45, 7) is 23.3. The zero-order valence-corrected chi connectivity index (χ0v) is 58.5. The summed E-state index contributed by atoms with van der Waals surface area (Å²) < 4.78 is 6.34. The number of nitrogens with zero attached hydrogens (tertiary/aromatic N) is 2. The minimum atomic E-state index is -0.317. The van der Waals surface area contributed by atoms with Crippen LogP contribution in [0.2, 0.25) is 0 Å². The molecule has 0 unspecified atom stereocenters. The third-order valence-corrected chi connectivity index (χ3v) is 20.4. The normalized spacial score (nSPS) is 9.63. The summed E-state index contributed by atoms with van der Waals surface area (Å²) in [5.41, 5.74) is 16.2. The summed E-state index contributed by atoms with van der Waals surface area (Å²) in [4.78, 5) is 14.2. The molecule has 0 aliphatic rings. The van der Waals surface area contributed by atoms with Crippen LogP contribution in [0.3, 0.4) is 0 Å². The molecule has 0 radical (unpaired) electrons. The number of nitro groups is 1. The number of hydrogen-bond donors (Lipinski definition) is 3. The third-order valence-electron chi connectivity index (χ3n) is 11.9. The van der Waals surface area contributed by atoms with Gasteiger partial charge in [0.1, 0.15) is 5.75 Å². The van der Waals surface area contributed by atoms with Crippen LogP contribution >= 0.6 is 124 Å². The minimum Gasteiger partial charge on any atom is -0.508 e. The van der Waals surface area contributed by atoms with Gasteiger partial charge in [-0.2, -0.15) is 0 Å². The molecule has 2 N–H and O–H groups in total. The predicted octanol–water partition coefficient (Wildman–Crippen LogP) is 22.8. The highest BCUT2D eigenvalue weighted by Gasteiger charge is 2.14. The van der Waals surface area contributed by atoms with E-state index in [1.165, 1.54) is 43.4 Å². The number of aromatic hydroxyl groups is 1. The van der Waals surface area contributed by atoms with Crippen molar-refractivity contribution in [3.05, 3.63) is 309 Å². The Labute approximate surface area is 545 Å². The molecular weight excluding hydrogens is 1490 g/mol. The molecule has 0 atom stereocenters. The van der Waals surface area contributed by atoms with E-state index in [1.54, 1.807) is 12.1 Å². The summed E-state index contributed by atoms with van der Waals surface area (Å²) in [6.07, 6.45) is 0. The van der Waals surface area contributed by atoms with Crippen LogP contribution < -0.4 is 0 Å². The Kier molecular flexibility index (Phi) is 36.3. The Bertz CT molecular complexity index is 3150. The van der Waals surface area contributed by atoms with Crippen LogP contribution in [-0.4, -0.2) is 15.1 Å². The number of benzene rings is 9. The van der Waals surface area contributed by atoms with Crippen LogP contribution in [0.5, 0.6) is 5.75 Å². The topological polar surface area (TPSA) is 88.0 Å². The summed E-state index contributed by atoms with van der Waals surface area (Å²) in [6, 6.07) is 63.5. The fourth-order valence-corrected chi connectivity index (χ4v) is 11.1. The highest BCUT2D eigenvalue weighted by molar-refractivity contribution is 9.15. The van der Waals surface area contributed by atoms with Crippen molar-refractivity contribution in [1.82, 2.24) is 0 Å². The molecule has 0 saturated carbocycles. The average Bonchev–Trinajstić information content (AvgIpc) is 3.47. The van der Waals surface area contributed by atoms with E-state index < -0.39 is 0 Å². The van der Waals surface area contributed by atoms with Gasteiger partial charge in [-0.3, -0.25) is 10.1 Å². The van der Waals surface area contributed by atoms with E-state index >= 15 is 0 Å². The number of aryl methyl sites for hydroxylation is 6. The fourth-order valence-electron chi connectivity index (χ4n) is 6.73. The molecule has 0 bridgehead atoms. The van der Waals surface area contributed by atoms with Crippen molar-refractivity contribution >= 4 is 124 Å². The molecule has 0 amide bonds. The van der Waals surface area contributed by atoms with Gasteiger partial charge in [0, 0.05) is 53.1 Å². The molecule has 0 fully saturated rings. The molecule has 14 heteroatoms. The number of phenolic OH excluding ortho intramolecular Hbond substituents is 1. The number of alkyl halides is 1. The van der Waals surface area contributed by atoms with Gasteiger partial charge >= 0.3 is 0 Å². The van der Waals surface area contributed by atoms with Gasteiger partial charge in [0.25, 0.3) is 0 Å². The van der Waals surface area contributed by atoms with E-state index in [9.17, 15) is 10.1 Å². The summed E-state index contributed by atoms with van der Waals surface area (Å²) in [5, 5.41) is 28.7. The number of para-hydroxylation sites is 1. The standard InChI is InChI=1S/C13H11Br.C9H9N.C8H9Br.C8H9NO2.C8H10O.C7H3Br5.C7H8O.C7H8S/c1-10-12(8-5-9-13(10)14)11-6-3-2-4-7-11;1-8-5-3-4-6-9(8)7-10-2;1-7-4-2-3-5-8(7)6-9;1-7-4-2-3-5-8(7)6-9(10)11;1-7-4-2-3-5-8(7)6-9;1-2-3(8)5(10)7(12)6(11)4(2)9;2*1-6-4-2-3-5-7(6)8/h2-9H,1H3;3-6H,7H2,1H3;2-5H,6H2,1H3;2-5H,6H2,1H3;2-5,9H,6H2,1H3;1H3;2*2-5,8H,1H3. The molecule has 0 saturated heterocycles. The largest absolute Gasteiger partial charge is 0.508 e. The van der Waals surface area contributed by atoms with Gasteiger partial charge in [-0.1, -0.05) is 208 Å². The first kappa shape index (κ1) is 72.4. The number of phenols is 1. The number of aliphatic hydroxyl groups is 1. The Balaban J connectivity index is 0.000000318. The zero-order valence-electron chi connectivity index (χ0n) is 46.5. The van der Waals surface area contributed by atoms with E-state index in [4.69, 9.17) is 16.8 Å². The number of halogens is 7. The lowest BCUT2D eigenvalue weighted by Crippen LogP contribution is -1.99. The van der Waals surface area contributed by atoms with Crippen molar-refractivity contribution in [2.45, 2.75) is 85.3 Å². The second-order valence-electron chi connectivity index (χ2n) is 17.9. The summed E-state index contributed by atoms with van der Waals surface area (Å²) >= 11 is 28.5. The first-order valence-electron chi connectivity index (χ1n) is 25.2. The number of thiol groups is 1. The molecule has 424 valence electrons. The fraction of sp³-hybridized carbons (Fsp3) is 0.179. The molecule has 0 aliphatic heterocycles. The lowest BCUT2D eigenvalue weighted by Gasteiger charge is -2.09. The summed E-state index contributed by atoms with van der Waals surface area (Å²) in [5.74, 6) is 0.368. The van der Waals surface area contributed by atoms with Gasteiger partial charge in [-0.15, -0.1) is 12.6 Å². The highest BCUT2D eigenvalue weighted by Crippen LogP contribution is 2.44. The van der Waals surface area contributed by atoms with Crippen molar-refractivity contribution in [2.75, 3.05) is 0 Å². The van der Waals surface area contributed by atoms with E-state index in [0.717, 1.165) is 71.5 Å². The third kappa shape index (κ3) is 27.1. The van der Waals surface area contributed by atoms with Gasteiger partial charge in [-0.05, 0) is 220 Å². The van der Waals surface area contributed by atoms with E-state index in [-0.39, 0.29) is 18.1 Å². The molecular formula is C67H67Br7N2O4S. The average molecular weight is 1560 g/mol. The van der Waals surface area contributed by atoms with Crippen molar-refractivity contribution in [2.24, 2.45) is 0 Å². The van der Waals surface area contributed by atoms with Crippen LogP contribution in [0.15, 0.2) is 226 Å². The zero-order chi connectivity index (χ0) is 60.4. The smallest absolute Gasteiger partial charge is 0.240 e. The molecule has 6 nitrogen and oxygen atoms in total. The highest BCUT2D eigenvalue weighted by atomic mass is 79.9. The van der Waals surface area contributed by atoms with Gasteiger partial charge < -0.3 is 15.1 Å². The first-order chi connectivity index (χ1) is 38.6. The van der Waals surface area contributed by atoms with Crippen LogP contribution in [-0.2, 0) is 25.0 Å². The quantitative estimate of drug-likeness (QED) is 0.0294. The first-order valence-corrected chi connectivity index (χ1v) is 31.5. The molecule has 9 aromatic rings. The van der Waals surface area contributed by atoms with E-state index in [0.29, 0.717) is 12.3 Å². The van der Waals surface area contributed by atoms with Crippen LogP contribution in [0.4, 0.5) is 0 Å². The molecule has 0 aromatic heterocycles. The summed E-state index contributed by atoms with van der Waals surface area (Å²) in [7, 11) is 0. The van der Waals surface area contributed by atoms with Crippen molar-refractivity contribution in [3.8, 4) is 16.9 Å². The second-order valence-corrected chi connectivity index (χ2v) is 23.7. The second kappa shape index (κ2) is 40.5. The number of aliphatic hydroxyl groups excluding tert-OH is 1. The van der Waals surface area contributed by atoms with Crippen molar-refractivity contribution in [1.29, 1.82) is 0 Å². The van der Waals surface area contributed by atoms with E-state index in [2.05, 4.69) is 210 Å². The van der Waals surface area contributed by atoms with Crippen LogP contribution in [0, 0.1) is 72.1 Å². The Morgan fingerprint density at radius 1 is 0.469 bits per heavy atom. The maximum Gasteiger partial charge on any atom is 0.240 e. The Morgan fingerprint density at radius 3 is 1.22 bits per heavy atom. The predicted molar refractivity (Wildman–Crippen MR) is 370 cm³/mol. The van der Waals surface area contributed by atoms with Gasteiger partial charge in [0.2, 0.25) is 13.1 Å². The molecule has 0 spiro atoms. The van der Waals surface area contributed by atoms with Crippen molar-refractivity contribution < 1.29 is 15.1 Å². The van der Waals surface area contributed by atoms with E-state index in [1.807, 2.05) is 157 Å². The van der Waals surface area contributed by atoms with Gasteiger partial charge in [0.05, 0.1) is 6.61 Å². The molecule has 0 aliphatic carbocycles. The SMILES string of the molecule is Cc1c(Br)c(Br)c(Br)c(Br)c1Br.Cc1c(Br)cccc1-c1ccccc1.Cc1ccccc1CBr.Cc1ccccc1CO.Cc1ccccc1C[N+](=O)[O-].Cc1ccccc1O.Cc1ccccc1S.[C-]#[N+]Cc1ccccc1C. The Hall–Kier alpha value is -4.66. The lowest BCUT2D eigenvalue weighted by molar-refractivity contribution is -0.496. The van der Waals surface area contributed by atoms with Gasteiger partial charge in [0.15, 0.2) is 0 Å². The van der Waals surface area contributed by atoms with Gasteiger partial charge in [-0.25, -0.2) is 6.57 Å². The van der Waals surface area contributed by atoms with Crippen LogP contribution in [0.25, 0.3) is 16.0 Å². The maximum absolute atomic E-state index is 10.1.